The van der Waals surface area contributed by atoms with Gasteiger partial charge in [-0.25, -0.2) is 0 Å². The highest BCUT2D eigenvalue weighted by Gasteiger charge is 1.88. The molecule has 2 heteroatoms. The molecule has 0 aliphatic carbocycles. The molecule has 0 fully saturated rings. The first kappa shape index (κ1) is 12.7. The minimum atomic E-state index is 0.681. The molecular weight excluding hydrogens is 136 g/mol. The molecule has 66 valence electrons. The van der Waals surface area contributed by atoms with Crippen LogP contribution in [0.25, 0.3) is 0 Å². The number of allylic oxidation sites excluding steroid dienone is 3. The molecular formula is C9H20N2. The molecule has 11 heavy (non-hydrogen) atoms. The van der Waals surface area contributed by atoms with Crippen molar-refractivity contribution in [1.82, 2.24) is 0 Å². The lowest BCUT2D eigenvalue weighted by atomic mass is 10.2. The highest BCUT2D eigenvalue weighted by atomic mass is 14.7. The fourth-order valence-corrected chi connectivity index (χ4v) is 0.491. The topological polar surface area (TPSA) is 52.0 Å². The maximum Gasteiger partial charge on any atom is 0.0501 e. The Balaban J connectivity index is 0. The number of nitrogens with two attached hydrogens (primary N) is 2. The van der Waals surface area contributed by atoms with Gasteiger partial charge in [-0.05, 0) is 19.4 Å². The summed E-state index contributed by atoms with van der Waals surface area (Å²) in [6, 6.07) is 0. The van der Waals surface area contributed by atoms with Crippen LogP contribution in [0.2, 0.25) is 0 Å². The van der Waals surface area contributed by atoms with Gasteiger partial charge in [-0.1, -0.05) is 26.8 Å². The molecule has 0 bridgehead atoms. The summed E-state index contributed by atoms with van der Waals surface area (Å²) in [7, 11) is 0. The normalized spacial score (nSPS) is 12.0. The van der Waals surface area contributed by atoms with E-state index in [-0.39, 0.29) is 0 Å². The van der Waals surface area contributed by atoms with Crippen LogP contribution in [0.15, 0.2) is 23.5 Å². The Morgan fingerprint density at radius 1 is 1.27 bits per heavy atom. The molecule has 2 nitrogen and oxygen atoms in total. The Bertz CT molecular complexity index is 134. The molecule has 0 aromatic heterocycles. The molecule has 0 atom stereocenters. The van der Waals surface area contributed by atoms with Crippen molar-refractivity contribution in [2.45, 2.75) is 34.1 Å². The van der Waals surface area contributed by atoms with E-state index in [4.69, 9.17) is 11.5 Å². The maximum atomic E-state index is 5.51. The van der Waals surface area contributed by atoms with Gasteiger partial charge in [-0.15, -0.1) is 0 Å². The Morgan fingerprint density at radius 2 is 1.73 bits per heavy atom. The summed E-state index contributed by atoms with van der Waals surface area (Å²) in [6.07, 6.45) is 4.49. The zero-order chi connectivity index (χ0) is 9.28. The van der Waals surface area contributed by atoms with Crippen LogP contribution in [-0.2, 0) is 0 Å². The summed E-state index contributed by atoms with van der Waals surface area (Å²) in [6.45, 7) is 7.89. The van der Waals surface area contributed by atoms with Crippen molar-refractivity contribution in [1.29, 1.82) is 0 Å². The second kappa shape index (κ2) is 9.08. The van der Waals surface area contributed by atoms with Gasteiger partial charge in [-0.3, -0.25) is 0 Å². The van der Waals surface area contributed by atoms with Crippen LogP contribution in [0.5, 0.6) is 0 Å². The molecule has 0 rings (SSSR count). The fraction of sp³-hybridized carbons (Fsp3) is 0.556. The van der Waals surface area contributed by atoms with Crippen LogP contribution in [0, 0.1) is 0 Å². The lowest BCUT2D eigenvalue weighted by Gasteiger charge is -1.97. The Hall–Kier alpha value is -0.920. The van der Waals surface area contributed by atoms with E-state index in [1.165, 1.54) is 0 Å². The molecule has 0 amide bonds. The van der Waals surface area contributed by atoms with Gasteiger partial charge < -0.3 is 11.5 Å². The highest BCUT2D eigenvalue weighted by molar-refractivity contribution is 5.19. The fourth-order valence-electron chi connectivity index (χ4n) is 0.491. The zero-order valence-electron chi connectivity index (χ0n) is 8.02. The number of hydrogen-bond donors (Lipinski definition) is 2. The average molecular weight is 156 g/mol. The van der Waals surface area contributed by atoms with Crippen molar-refractivity contribution in [3.05, 3.63) is 23.5 Å². The van der Waals surface area contributed by atoms with Gasteiger partial charge in [0.2, 0.25) is 0 Å². The molecule has 0 spiro atoms. The molecule has 0 heterocycles. The Kier molecular flexibility index (Phi) is 10.5. The van der Waals surface area contributed by atoms with E-state index in [0.29, 0.717) is 5.70 Å². The summed E-state index contributed by atoms with van der Waals surface area (Å²) in [5, 5.41) is 0. The first-order chi connectivity index (χ1) is 5.22. The minimum Gasteiger partial charge on any atom is -0.400 e. The van der Waals surface area contributed by atoms with Gasteiger partial charge in [0.1, 0.15) is 0 Å². The van der Waals surface area contributed by atoms with Gasteiger partial charge >= 0.3 is 0 Å². The van der Waals surface area contributed by atoms with Crippen LogP contribution >= 0.6 is 0 Å². The van der Waals surface area contributed by atoms with Crippen molar-refractivity contribution < 1.29 is 0 Å². The van der Waals surface area contributed by atoms with Crippen molar-refractivity contribution in [2.75, 3.05) is 0 Å². The van der Waals surface area contributed by atoms with E-state index < -0.39 is 0 Å². The summed E-state index contributed by atoms with van der Waals surface area (Å²) in [5.41, 5.74) is 12.5. The van der Waals surface area contributed by atoms with E-state index in [0.717, 1.165) is 12.1 Å². The van der Waals surface area contributed by atoms with Crippen LogP contribution in [0.3, 0.4) is 0 Å². The number of rotatable bonds is 2. The van der Waals surface area contributed by atoms with E-state index in [2.05, 4.69) is 0 Å². The molecule has 0 unspecified atom stereocenters. The molecule has 0 aromatic carbocycles. The average Bonchev–Trinajstić information content (AvgIpc) is 2.07. The number of hydrogen-bond acceptors (Lipinski definition) is 2. The molecule has 0 aromatic rings. The quantitative estimate of drug-likeness (QED) is 0.602. The van der Waals surface area contributed by atoms with Crippen molar-refractivity contribution in [3.8, 4) is 0 Å². The van der Waals surface area contributed by atoms with E-state index >= 15 is 0 Å². The van der Waals surface area contributed by atoms with Crippen LogP contribution in [0.1, 0.15) is 34.1 Å². The SMILES string of the molecule is C/C=C\C(N)=C(\N)CC.CC. The first-order valence-electron chi connectivity index (χ1n) is 4.09. The van der Waals surface area contributed by atoms with E-state index in [1.807, 2.05) is 33.8 Å². The van der Waals surface area contributed by atoms with Crippen molar-refractivity contribution >= 4 is 0 Å². The third kappa shape index (κ3) is 6.97. The molecule has 0 radical (unpaired) electrons. The maximum absolute atomic E-state index is 5.51. The predicted molar refractivity (Wildman–Crippen MR) is 51.9 cm³/mol. The monoisotopic (exact) mass is 156 g/mol. The zero-order valence-corrected chi connectivity index (χ0v) is 8.02. The summed E-state index contributed by atoms with van der Waals surface area (Å²) in [4.78, 5) is 0. The van der Waals surface area contributed by atoms with Gasteiger partial charge in [-0.2, -0.15) is 0 Å². The predicted octanol–water partition coefficient (Wildman–Crippen LogP) is 2.13. The molecule has 0 saturated heterocycles. The smallest absolute Gasteiger partial charge is 0.0501 e. The van der Waals surface area contributed by atoms with Crippen molar-refractivity contribution in [2.24, 2.45) is 11.5 Å². The largest absolute Gasteiger partial charge is 0.400 e. The molecule has 0 saturated carbocycles. The highest BCUT2D eigenvalue weighted by Crippen LogP contribution is 1.96. The summed E-state index contributed by atoms with van der Waals surface area (Å²) in [5.74, 6) is 0. The van der Waals surface area contributed by atoms with Crippen LogP contribution in [0.4, 0.5) is 0 Å². The lowest BCUT2D eigenvalue weighted by molar-refractivity contribution is 1.03. The van der Waals surface area contributed by atoms with Crippen molar-refractivity contribution in [3.63, 3.8) is 0 Å². The lowest BCUT2D eigenvalue weighted by Crippen LogP contribution is -2.06. The third-order valence-electron chi connectivity index (χ3n) is 1.10. The second-order valence-corrected chi connectivity index (χ2v) is 1.83. The first-order valence-corrected chi connectivity index (χ1v) is 4.09. The van der Waals surface area contributed by atoms with Gasteiger partial charge in [0.15, 0.2) is 0 Å². The Labute approximate surface area is 70.0 Å². The summed E-state index contributed by atoms with van der Waals surface area (Å²) >= 11 is 0. The van der Waals surface area contributed by atoms with Gasteiger partial charge in [0, 0.05) is 5.70 Å². The van der Waals surface area contributed by atoms with Gasteiger partial charge in [0.05, 0.1) is 5.70 Å². The van der Waals surface area contributed by atoms with Crippen LogP contribution < -0.4 is 11.5 Å². The van der Waals surface area contributed by atoms with Gasteiger partial charge in [0.25, 0.3) is 0 Å². The molecule has 4 N–H and O–H groups in total. The summed E-state index contributed by atoms with van der Waals surface area (Å²) < 4.78 is 0. The second-order valence-electron chi connectivity index (χ2n) is 1.83. The Morgan fingerprint density at radius 3 is 2.00 bits per heavy atom. The molecule has 0 aliphatic heterocycles. The van der Waals surface area contributed by atoms with Crippen LogP contribution in [-0.4, -0.2) is 0 Å². The minimum absolute atomic E-state index is 0.681. The van der Waals surface area contributed by atoms with E-state index in [1.54, 1.807) is 6.08 Å². The third-order valence-corrected chi connectivity index (χ3v) is 1.10. The van der Waals surface area contributed by atoms with E-state index in [9.17, 15) is 0 Å². The standard InChI is InChI=1S/C7H14N2.C2H6/c1-3-5-7(9)6(8)4-2;1-2/h3,5H,4,8-9H2,1-2H3;1-2H3/b5-3-,7-6-;. The molecule has 0 aliphatic rings.